The van der Waals surface area contributed by atoms with Gasteiger partial charge in [-0.05, 0) is 18.2 Å². The van der Waals surface area contributed by atoms with E-state index in [0.29, 0.717) is 18.2 Å². The first-order valence-corrected chi connectivity index (χ1v) is 8.04. The van der Waals surface area contributed by atoms with E-state index in [4.69, 9.17) is 15.0 Å². The maximum atomic E-state index is 12.8. The molecule has 2 aromatic rings. The largest absolute Gasteiger partial charge is 0.622 e. The second kappa shape index (κ2) is 4.25. The molecule has 5 nitrogen and oxygen atoms in total. The maximum Gasteiger partial charge on any atom is 0.266 e. The second-order valence-corrected chi connectivity index (χ2v) is 6.57. The smallest absolute Gasteiger partial charge is 0.266 e. The number of fused-ring (bicyclic) bond motifs is 2. The van der Waals surface area contributed by atoms with E-state index in [1.807, 2.05) is 48.5 Å². The molecule has 5 heteroatoms. The third-order valence-electron chi connectivity index (χ3n) is 5.20. The Balaban J connectivity index is 1.53. The van der Waals surface area contributed by atoms with Crippen LogP contribution in [0.5, 0.6) is 0 Å². The molecule has 114 valence electrons. The zero-order valence-electron chi connectivity index (χ0n) is 12.6. The number of nitrogens with zero attached hydrogens (tertiary/aromatic N) is 4. The first kappa shape index (κ1) is 12.9. The lowest BCUT2D eigenvalue weighted by Gasteiger charge is -2.36. The molecule has 0 N–H and O–H groups in total. The first-order chi connectivity index (χ1) is 11.2. The average molecular weight is 304 g/mol. The third kappa shape index (κ3) is 1.73. The third-order valence-corrected chi connectivity index (χ3v) is 5.20. The van der Waals surface area contributed by atoms with Gasteiger partial charge in [0.2, 0.25) is 5.36 Å². The van der Waals surface area contributed by atoms with E-state index in [9.17, 15) is 5.21 Å². The molecule has 1 aliphatic carbocycles. The molecule has 0 atom stereocenters. The Morgan fingerprint density at radius 2 is 1.30 bits per heavy atom. The molecule has 0 amide bonds. The quantitative estimate of drug-likeness (QED) is 0.507. The molecule has 3 aliphatic rings. The lowest BCUT2D eigenvalue weighted by Crippen LogP contribution is -2.48. The topological polar surface area (TPSA) is 63.1 Å². The summed E-state index contributed by atoms with van der Waals surface area (Å²) >= 11 is 0. The number of hydrogen-bond acceptors (Lipinski definition) is 4. The van der Waals surface area contributed by atoms with Crippen LogP contribution in [0.3, 0.4) is 0 Å². The van der Waals surface area contributed by atoms with Crippen molar-refractivity contribution < 1.29 is 0 Å². The van der Waals surface area contributed by atoms with Gasteiger partial charge in [-0.25, -0.2) is 4.99 Å². The minimum Gasteiger partial charge on any atom is -0.622 e. The van der Waals surface area contributed by atoms with E-state index in [2.05, 4.69) is 0 Å². The Morgan fingerprint density at radius 3 is 1.91 bits per heavy atom. The van der Waals surface area contributed by atoms with Crippen molar-refractivity contribution >= 4 is 0 Å². The van der Waals surface area contributed by atoms with Gasteiger partial charge in [-0.2, -0.15) is 4.74 Å². The van der Waals surface area contributed by atoms with Crippen LogP contribution in [0, 0.1) is 5.21 Å². The van der Waals surface area contributed by atoms with Crippen LogP contribution < -0.4 is 26.2 Å². The number of benzene rings is 2. The molecule has 0 saturated heterocycles. The highest BCUT2D eigenvalue weighted by atomic mass is 16.5. The molecule has 0 radical (unpaired) electrons. The fourth-order valence-corrected chi connectivity index (χ4v) is 3.94. The van der Waals surface area contributed by atoms with Crippen LogP contribution in [0.4, 0.5) is 0 Å². The zero-order chi connectivity index (χ0) is 15.5. The van der Waals surface area contributed by atoms with Crippen molar-refractivity contribution in [2.45, 2.75) is 37.0 Å². The summed E-state index contributed by atoms with van der Waals surface area (Å²) in [5.74, 6) is 0. The van der Waals surface area contributed by atoms with Crippen LogP contribution in [-0.2, 0) is 0 Å². The van der Waals surface area contributed by atoms with Gasteiger partial charge in [0.25, 0.3) is 5.66 Å². The Bertz CT molecular complexity index is 1010. The molecule has 0 aromatic heterocycles. The van der Waals surface area contributed by atoms with E-state index in [0.717, 1.165) is 33.7 Å². The van der Waals surface area contributed by atoms with Crippen molar-refractivity contribution in [1.29, 1.82) is 0 Å². The Hall–Kier alpha value is -2.56. The predicted octanol–water partition coefficient (Wildman–Crippen LogP) is 0.228. The molecular formula is C18H16N4O. The minimum absolute atomic E-state index is 0.389. The summed E-state index contributed by atoms with van der Waals surface area (Å²) in [6.07, 6.45) is 2.90. The van der Waals surface area contributed by atoms with Gasteiger partial charge >= 0.3 is 0 Å². The second-order valence-electron chi connectivity index (χ2n) is 6.57. The van der Waals surface area contributed by atoms with Crippen molar-refractivity contribution in [3.63, 3.8) is 0 Å². The van der Waals surface area contributed by atoms with E-state index >= 15 is 0 Å². The Kier molecular flexibility index (Phi) is 2.39. The van der Waals surface area contributed by atoms with Gasteiger partial charge < -0.3 is 5.21 Å². The lowest BCUT2D eigenvalue weighted by atomic mass is 9.82. The fraction of sp³-hybridized carbons (Fsp3) is 0.333. The molecular weight excluding hydrogens is 288 g/mol. The summed E-state index contributed by atoms with van der Waals surface area (Å²) in [7, 11) is 0. The molecule has 0 unspecified atom stereocenters. The predicted molar refractivity (Wildman–Crippen MR) is 84.5 cm³/mol. The van der Waals surface area contributed by atoms with Crippen LogP contribution in [0.25, 0.3) is 0 Å². The van der Waals surface area contributed by atoms with E-state index < -0.39 is 5.66 Å². The zero-order valence-corrected chi connectivity index (χ0v) is 12.6. The van der Waals surface area contributed by atoms with E-state index in [-0.39, 0.29) is 5.66 Å². The average Bonchev–Trinajstić information content (AvgIpc) is 3.07. The SMILES string of the molecule is [O-][N+]1=c2ccccc2=NC12CCC1(CC2)N=c2ccccc2=N1. The van der Waals surface area contributed by atoms with Crippen molar-refractivity contribution in [3.8, 4) is 0 Å². The Morgan fingerprint density at radius 1 is 0.739 bits per heavy atom. The summed E-state index contributed by atoms with van der Waals surface area (Å²) < 4.78 is 1.11. The molecule has 2 heterocycles. The number of rotatable bonds is 0. The van der Waals surface area contributed by atoms with Gasteiger partial charge in [0.05, 0.1) is 10.7 Å². The van der Waals surface area contributed by atoms with Gasteiger partial charge in [0, 0.05) is 31.7 Å². The molecule has 0 bridgehead atoms. The number of hydroxylamine groups is 1. The van der Waals surface area contributed by atoms with Crippen LogP contribution in [0.2, 0.25) is 0 Å². The van der Waals surface area contributed by atoms with Gasteiger partial charge in [-0.1, -0.05) is 24.3 Å². The standard InChI is InChI=1S/C18H16N4O/c23-22-16-8-4-3-7-15(16)21-18(22)11-9-17(10-12-18)19-13-5-1-2-6-14(13)20-17/h1-8H,9-12H2. The van der Waals surface area contributed by atoms with Gasteiger partial charge in [-0.3, -0.25) is 9.98 Å². The molecule has 2 aliphatic heterocycles. The highest BCUT2D eigenvalue weighted by Crippen LogP contribution is 2.40. The summed E-state index contributed by atoms with van der Waals surface area (Å²) in [5.41, 5.74) is -1.05. The molecule has 23 heavy (non-hydrogen) atoms. The highest BCUT2D eigenvalue weighted by molar-refractivity contribution is 5.14. The van der Waals surface area contributed by atoms with Crippen LogP contribution >= 0.6 is 0 Å². The van der Waals surface area contributed by atoms with Crippen LogP contribution in [0.1, 0.15) is 25.7 Å². The molecule has 2 aromatic carbocycles. The molecule has 1 fully saturated rings. The van der Waals surface area contributed by atoms with Crippen molar-refractivity contribution in [1.82, 2.24) is 4.74 Å². The van der Waals surface area contributed by atoms with Crippen molar-refractivity contribution in [3.05, 3.63) is 75.2 Å². The Labute approximate surface area is 132 Å². The summed E-state index contributed by atoms with van der Waals surface area (Å²) in [4.78, 5) is 14.4. The summed E-state index contributed by atoms with van der Waals surface area (Å²) in [6.45, 7) is 0. The maximum absolute atomic E-state index is 12.8. The molecule has 1 saturated carbocycles. The summed E-state index contributed by atoms with van der Waals surface area (Å²) in [6, 6.07) is 15.6. The van der Waals surface area contributed by atoms with E-state index in [1.165, 1.54) is 0 Å². The lowest BCUT2D eigenvalue weighted by molar-refractivity contribution is 0.175. The van der Waals surface area contributed by atoms with Gasteiger partial charge in [0.1, 0.15) is 5.36 Å². The molecule has 2 spiro atoms. The van der Waals surface area contributed by atoms with Crippen LogP contribution in [0.15, 0.2) is 63.5 Å². The van der Waals surface area contributed by atoms with Crippen molar-refractivity contribution in [2.75, 3.05) is 0 Å². The number of hydrogen-bond donors (Lipinski definition) is 0. The highest BCUT2D eigenvalue weighted by Gasteiger charge is 2.50. The normalized spacial score (nSPS) is 22.2. The first-order valence-electron chi connectivity index (χ1n) is 8.04. The van der Waals surface area contributed by atoms with Crippen molar-refractivity contribution in [2.24, 2.45) is 15.0 Å². The molecule has 5 rings (SSSR count). The minimum atomic E-state index is -0.658. The van der Waals surface area contributed by atoms with Crippen LogP contribution in [-0.4, -0.2) is 11.3 Å². The fourth-order valence-electron chi connectivity index (χ4n) is 3.94. The monoisotopic (exact) mass is 304 g/mol. The number of para-hydroxylation sites is 4. The summed E-state index contributed by atoms with van der Waals surface area (Å²) in [5, 5.41) is 16.2. The van der Waals surface area contributed by atoms with Gasteiger partial charge in [0.15, 0.2) is 5.66 Å². The van der Waals surface area contributed by atoms with E-state index in [1.54, 1.807) is 0 Å². The van der Waals surface area contributed by atoms with Gasteiger partial charge in [-0.15, -0.1) is 0 Å².